The molecule has 196 valence electrons. The van der Waals surface area contributed by atoms with Gasteiger partial charge in [0.1, 0.15) is 5.82 Å². The number of hydrogen-bond acceptors (Lipinski definition) is 3. The molecule has 0 aromatic heterocycles. The number of anilines is 1. The summed E-state index contributed by atoms with van der Waals surface area (Å²) in [5.74, 6) is -5.61. The smallest absolute Gasteiger partial charge is 0.392 e. The van der Waals surface area contributed by atoms with E-state index in [9.17, 15) is 27.2 Å². The number of carbonyl (C=O) groups excluding carboxylic acids is 2. The van der Waals surface area contributed by atoms with E-state index in [0.717, 1.165) is 18.6 Å². The second-order valence-electron chi connectivity index (χ2n) is 9.92. The number of nitrogens with one attached hydrogen (secondary N) is 1. The summed E-state index contributed by atoms with van der Waals surface area (Å²) in [6, 6.07) is 10.4. The Morgan fingerprint density at radius 1 is 1.08 bits per heavy atom. The number of rotatable bonds is 9. The van der Waals surface area contributed by atoms with E-state index in [4.69, 9.17) is 4.74 Å². The molecule has 0 saturated heterocycles. The first-order valence-corrected chi connectivity index (χ1v) is 12.9. The van der Waals surface area contributed by atoms with Crippen LogP contribution >= 0.6 is 22.6 Å². The molecule has 0 heterocycles. The van der Waals surface area contributed by atoms with Crippen molar-refractivity contribution in [2.75, 3.05) is 5.32 Å². The second kappa shape index (κ2) is 10.7. The molecule has 2 atom stereocenters. The Morgan fingerprint density at radius 3 is 2.17 bits per heavy atom. The number of halogens is 5. The Balaban J connectivity index is 1.85. The molecule has 1 saturated carbocycles. The van der Waals surface area contributed by atoms with Crippen LogP contribution in [0, 0.1) is 17.2 Å². The minimum Gasteiger partial charge on any atom is -0.449 e. The highest BCUT2D eigenvalue weighted by Gasteiger charge is 2.52. The zero-order valence-electron chi connectivity index (χ0n) is 20.6. The molecule has 1 fully saturated rings. The van der Waals surface area contributed by atoms with Gasteiger partial charge in [-0.25, -0.2) is 4.39 Å². The van der Waals surface area contributed by atoms with E-state index in [2.05, 4.69) is 5.32 Å². The average Bonchev–Trinajstić information content (AvgIpc) is 3.56. The Bertz CT molecular complexity index is 1110. The summed E-state index contributed by atoms with van der Waals surface area (Å²) in [5, 5.41) is 2.37. The summed E-state index contributed by atoms with van der Waals surface area (Å²) in [6.45, 7) is 6.39. The molecule has 2 unspecified atom stereocenters. The van der Waals surface area contributed by atoms with Crippen LogP contribution in [0.1, 0.15) is 63.1 Å². The van der Waals surface area contributed by atoms with E-state index in [-0.39, 0.29) is 23.6 Å². The van der Waals surface area contributed by atoms with Gasteiger partial charge in [0.05, 0.1) is 22.9 Å². The van der Waals surface area contributed by atoms with Gasteiger partial charge in [0.15, 0.2) is 3.61 Å². The third kappa shape index (κ3) is 6.98. The normalized spacial score (nSPS) is 16.7. The van der Waals surface area contributed by atoms with Gasteiger partial charge in [-0.15, -0.1) is 0 Å². The Kier molecular flexibility index (Phi) is 8.42. The van der Waals surface area contributed by atoms with Gasteiger partial charge >= 0.3 is 12.1 Å². The molecule has 2 aromatic carbocycles. The molecule has 0 aliphatic heterocycles. The maximum absolute atomic E-state index is 14.6. The summed E-state index contributed by atoms with van der Waals surface area (Å²) >= 11 is 2.02. The summed E-state index contributed by atoms with van der Waals surface area (Å²) < 4.78 is 60.4. The lowest BCUT2D eigenvalue weighted by molar-refractivity contribution is -0.178. The van der Waals surface area contributed by atoms with Gasteiger partial charge in [-0.1, -0.05) is 44.2 Å². The van der Waals surface area contributed by atoms with E-state index in [1.54, 1.807) is 26.0 Å². The Morgan fingerprint density at radius 2 is 1.67 bits per heavy atom. The molecule has 4 nitrogen and oxygen atoms in total. The van der Waals surface area contributed by atoms with E-state index in [1.165, 1.54) is 24.3 Å². The highest BCUT2D eigenvalue weighted by molar-refractivity contribution is 14.1. The van der Waals surface area contributed by atoms with Gasteiger partial charge in [0, 0.05) is 0 Å². The zero-order chi connectivity index (χ0) is 26.9. The number of esters is 1. The highest BCUT2D eigenvalue weighted by Crippen LogP contribution is 2.50. The maximum Gasteiger partial charge on any atom is 0.392 e. The second-order valence-corrected chi connectivity index (χ2v) is 12.5. The van der Waals surface area contributed by atoms with Gasteiger partial charge in [-0.05, 0) is 90.9 Å². The van der Waals surface area contributed by atoms with Crippen LogP contribution < -0.4 is 5.32 Å². The van der Waals surface area contributed by atoms with Crippen LogP contribution in [0.5, 0.6) is 0 Å². The quantitative estimate of drug-likeness (QED) is 0.138. The molecule has 1 aliphatic rings. The van der Waals surface area contributed by atoms with Crippen molar-refractivity contribution in [1.82, 2.24) is 0 Å². The SMILES string of the molecule is CCc1ccc(C(C(=O)Nc2cc(CC3(C(=O)OC(C)(C)I)CC3)ccc2F)C(C)C(F)(F)F)cc1. The number of benzene rings is 2. The summed E-state index contributed by atoms with van der Waals surface area (Å²) in [7, 11) is 0. The van der Waals surface area contributed by atoms with Crippen molar-refractivity contribution in [1.29, 1.82) is 0 Å². The molecule has 0 spiro atoms. The lowest BCUT2D eigenvalue weighted by Crippen LogP contribution is -2.34. The number of aryl methyl sites for hydroxylation is 1. The van der Waals surface area contributed by atoms with Gasteiger partial charge in [0.2, 0.25) is 5.91 Å². The summed E-state index contributed by atoms with van der Waals surface area (Å²) in [5.41, 5.74) is 0.776. The van der Waals surface area contributed by atoms with Crippen LogP contribution in [0.3, 0.4) is 0 Å². The van der Waals surface area contributed by atoms with E-state index >= 15 is 0 Å². The van der Waals surface area contributed by atoms with Crippen molar-refractivity contribution < 1.29 is 31.9 Å². The Labute approximate surface area is 222 Å². The summed E-state index contributed by atoms with van der Waals surface area (Å²) in [6.07, 6.45) is -2.40. The molecule has 1 aliphatic carbocycles. The lowest BCUT2D eigenvalue weighted by Gasteiger charge is -2.26. The predicted octanol–water partition coefficient (Wildman–Crippen LogP) is 7.35. The molecule has 1 amide bonds. The third-order valence-electron chi connectivity index (χ3n) is 6.50. The molecular weight excluding hydrogens is 589 g/mol. The average molecular weight is 619 g/mol. The van der Waals surface area contributed by atoms with Crippen LogP contribution in [-0.2, 0) is 27.2 Å². The van der Waals surface area contributed by atoms with E-state index in [0.29, 0.717) is 24.8 Å². The van der Waals surface area contributed by atoms with Gasteiger partial charge < -0.3 is 10.1 Å². The van der Waals surface area contributed by atoms with Gasteiger partial charge in [-0.3, -0.25) is 9.59 Å². The predicted molar refractivity (Wildman–Crippen MR) is 138 cm³/mol. The van der Waals surface area contributed by atoms with Crippen molar-refractivity contribution in [3.05, 3.63) is 65.0 Å². The lowest BCUT2D eigenvalue weighted by atomic mass is 9.85. The highest BCUT2D eigenvalue weighted by atomic mass is 127. The van der Waals surface area contributed by atoms with Crippen molar-refractivity contribution >= 4 is 40.2 Å². The van der Waals surface area contributed by atoms with E-state index in [1.807, 2.05) is 29.5 Å². The Hall–Kier alpha value is -2.17. The van der Waals surface area contributed by atoms with Crippen LogP contribution in [-0.4, -0.2) is 21.7 Å². The molecule has 0 bridgehead atoms. The van der Waals surface area contributed by atoms with Crippen LogP contribution in [0.15, 0.2) is 42.5 Å². The van der Waals surface area contributed by atoms with Crippen LogP contribution in [0.25, 0.3) is 0 Å². The molecule has 2 aromatic rings. The topological polar surface area (TPSA) is 55.4 Å². The fourth-order valence-electron chi connectivity index (χ4n) is 4.13. The van der Waals surface area contributed by atoms with Crippen LogP contribution in [0.4, 0.5) is 23.2 Å². The third-order valence-corrected chi connectivity index (χ3v) is 6.72. The number of alkyl halides is 4. The van der Waals surface area contributed by atoms with Crippen molar-refractivity contribution in [2.45, 2.75) is 69.1 Å². The van der Waals surface area contributed by atoms with Crippen molar-refractivity contribution in [3.63, 3.8) is 0 Å². The fraction of sp³-hybridized carbons (Fsp3) is 0.481. The molecule has 3 rings (SSSR count). The zero-order valence-corrected chi connectivity index (χ0v) is 22.8. The maximum atomic E-state index is 14.6. The standard InChI is InChI=1S/C27H30F4INO3/c1-5-17-6-9-19(10-7-17)22(16(2)27(29,30)31)23(34)33-21-14-18(8-11-20(21)28)15-26(12-13-26)24(35)36-25(3,4)32/h6-11,14,16,22H,5,12-13,15H2,1-4H3,(H,33,34). The first-order chi connectivity index (χ1) is 16.6. The number of amides is 1. The van der Waals surface area contributed by atoms with Gasteiger partial charge in [-0.2, -0.15) is 13.2 Å². The van der Waals surface area contributed by atoms with Crippen molar-refractivity contribution in [2.24, 2.45) is 11.3 Å². The molecule has 36 heavy (non-hydrogen) atoms. The van der Waals surface area contributed by atoms with Crippen molar-refractivity contribution in [3.8, 4) is 0 Å². The number of carbonyl (C=O) groups is 2. The molecule has 1 N–H and O–H groups in total. The number of ether oxygens (including phenoxy) is 1. The first kappa shape index (κ1) is 28.4. The van der Waals surface area contributed by atoms with E-state index < -0.39 is 38.8 Å². The number of hydrogen-bond donors (Lipinski definition) is 1. The first-order valence-electron chi connectivity index (χ1n) is 11.8. The molecular formula is C27H30F4INO3. The largest absolute Gasteiger partial charge is 0.449 e. The summed E-state index contributed by atoms with van der Waals surface area (Å²) in [4.78, 5) is 25.8. The fourth-order valence-corrected chi connectivity index (χ4v) is 4.33. The van der Waals surface area contributed by atoms with Crippen LogP contribution in [0.2, 0.25) is 0 Å². The molecule has 9 heteroatoms. The minimum absolute atomic E-state index is 0.201. The van der Waals surface area contributed by atoms with Gasteiger partial charge in [0.25, 0.3) is 0 Å². The minimum atomic E-state index is -4.63. The monoisotopic (exact) mass is 619 g/mol. The molecule has 0 radical (unpaired) electrons.